The van der Waals surface area contributed by atoms with Crippen molar-refractivity contribution in [1.29, 1.82) is 0 Å². The monoisotopic (exact) mass is 236 g/mol. The molecule has 1 unspecified atom stereocenters. The van der Waals surface area contributed by atoms with Gasteiger partial charge in [0, 0.05) is 38.8 Å². The maximum atomic E-state index is 3.87. The highest BCUT2D eigenvalue weighted by Crippen LogP contribution is 2.16. The summed E-state index contributed by atoms with van der Waals surface area (Å²) in [6.45, 7) is 15.6. The lowest BCUT2D eigenvalue weighted by molar-refractivity contribution is 0.0849. The van der Waals surface area contributed by atoms with Gasteiger partial charge < -0.3 is 0 Å². The predicted octanol–water partition coefficient (Wildman–Crippen LogP) is 2.92. The Kier molecular flexibility index (Phi) is 7.22. The Labute approximate surface area is 107 Å². The molecule has 17 heavy (non-hydrogen) atoms. The number of piperazine rings is 1. The van der Waals surface area contributed by atoms with Crippen molar-refractivity contribution in [1.82, 2.24) is 9.80 Å². The van der Waals surface area contributed by atoms with Gasteiger partial charge in [-0.1, -0.05) is 38.3 Å². The summed E-state index contributed by atoms with van der Waals surface area (Å²) < 4.78 is 0. The average Bonchev–Trinajstić information content (AvgIpc) is 2.33. The van der Waals surface area contributed by atoms with Gasteiger partial charge in [0.05, 0.1) is 0 Å². The topological polar surface area (TPSA) is 6.48 Å². The van der Waals surface area contributed by atoms with Crippen LogP contribution in [-0.4, -0.2) is 48.6 Å². The van der Waals surface area contributed by atoms with Crippen molar-refractivity contribution in [3.05, 3.63) is 25.3 Å². The van der Waals surface area contributed by atoms with Crippen LogP contribution >= 0.6 is 0 Å². The van der Waals surface area contributed by atoms with Crippen molar-refractivity contribution in [3.63, 3.8) is 0 Å². The Morgan fingerprint density at radius 3 is 2.53 bits per heavy atom. The fourth-order valence-corrected chi connectivity index (χ4v) is 2.62. The fraction of sp³-hybridized carbons (Fsp3) is 0.733. The molecule has 2 heteroatoms. The third kappa shape index (κ3) is 5.05. The van der Waals surface area contributed by atoms with Crippen LogP contribution in [0.4, 0.5) is 0 Å². The van der Waals surface area contributed by atoms with Crippen molar-refractivity contribution in [2.75, 3.05) is 32.7 Å². The van der Waals surface area contributed by atoms with Crippen molar-refractivity contribution >= 4 is 0 Å². The van der Waals surface area contributed by atoms with Gasteiger partial charge in [-0.3, -0.25) is 9.80 Å². The summed E-state index contributed by atoms with van der Waals surface area (Å²) in [6, 6.07) is 0.716. The van der Waals surface area contributed by atoms with Gasteiger partial charge in [0.2, 0.25) is 0 Å². The number of hydrogen-bond acceptors (Lipinski definition) is 2. The van der Waals surface area contributed by atoms with Gasteiger partial charge in [-0.25, -0.2) is 0 Å². The quantitative estimate of drug-likeness (QED) is 0.472. The third-order valence-electron chi connectivity index (χ3n) is 3.58. The molecule has 1 fully saturated rings. The number of nitrogens with zero attached hydrogens (tertiary/aromatic N) is 2. The van der Waals surface area contributed by atoms with E-state index < -0.39 is 0 Å². The lowest BCUT2D eigenvalue weighted by atomic mass is 10.0. The molecule has 1 rings (SSSR count). The maximum Gasteiger partial charge on any atom is 0.0227 e. The highest BCUT2D eigenvalue weighted by molar-refractivity contribution is 4.88. The first-order valence-corrected chi connectivity index (χ1v) is 7.00. The van der Waals surface area contributed by atoms with E-state index in [0.717, 1.165) is 13.1 Å². The first-order chi connectivity index (χ1) is 8.31. The van der Waals surface area contributed by atoms with Crippen molar-refractivity contribution in [2.45, 2.75) is 38.6 Å². The molecule has 1 heterocycles. The lowest BCUT2D eigenvalue weighted by Crippen LogP contribution is -2.52. The number of unbranched alkanes of at least 4 members (excludes halogenated alkanes) is 2. The van der Waals surface area contributed by atoms with Crippen LogP contribution in [0.1, 0.15) is 32.6 Å². The minimum atomic E-state index is 0.716. The van der Waals surface area contributed by atoms with Gasteiger partial charge in [0.15, 0.2) is 0 Å². The zero-order valence-electron chi connectivity index (χ0n) is 11.4. The molecule has 0 aromatic rings. The lowest BCUT2D eigenvalue weighted by Gasteiger charge is -2.41. The Balaban J connectivity index is 2.43. The second-order valence-electron chi connectivity index (χ2n) is 4.98. The van der Waals surface area contributed by atoms with Gasteiger partial charge in [-0.2, -0.15) is 0 Å². The molecule has 1 saturated heterocycles. The normalized spacial score (nSPS) is 22.5. The second-order valence-corrected chi connectivity index (χ2v) is 4.98. The molecule has 1 aliphatic rings. The van der Waals surface area contributed by atoms with E-state index in [0.29, 0.717) is 6.04 Å². The first-order valence-electron chi connectivity index (χ1n) is 7.00. The van der Waals surface area contributed by atoms with Crippen molar-refractivity contribution in [2.24, 2.45) is 0 Å². The van der Waals surface area contributed by atoms with Crippen LogP contribution in [0, 0.1) is 0 Å². The number of rotatable bonds is 8. The van der Waals surface area contributed by atoms with Crippen molar-refractivity contribution in [3.8, 4) is 0 Å². The van der Waals surface area contributed by atoms with Crippen LogP contribution in [0.3, 0.4) is 0 Å². The second kappa shape index (κ2) is 8.48. The van der Waals surface area contributed by atoms with Crippen LogP contribution < -0.4 is 0 Å². The molecule has 98 valence electrons. The highest BCUT2D eigenvalue weighted by Gasteiger charge is 2.24. The summed E-state index contributed by atoms with van der Waals surface area (Å²) in [6.07, 6.45) is 9.42. The van der Waals surface area contributed by atoms with Gasteiger partial charge in [0.25, 0.3) is 0 Å². The van der Waals surface area contributed by atoms with E-state index in [4.69, 9.17) is 0 Å². The van der Waals surface area contributed by atoms with E-state index in [-0.39, 0.29) is 0 Å². The Bertz CT molecular complexity index is 225. The summed E-state index contributed by atoms with van der Waals surface area (Å²) in [4.78, 5) is 5.10. The largest absolute Gasteiger partial charge is 0.297 e. The first kappa shape index (κ1) is 14.5. The third-order valence-corrected chi connectivity index (χ3v) is 3.58. The van der Waals surface area contributed by atoms with Crippen LogP contribution in [0.2, 0.25) is 0 Å². The summed E-state index contributed by atoms with van der Waals surface area (Å²) in [7, 11) is 0. The minimum absolute atomic E-state index is 0.716. The molecule has 0 saturated carbocycles. The van der Waals surface area contributed by atoms with Gasteiger partial charge in [-0.15, -0.1) is 13.2 Å². The highest BCUT2D eigenvalue weighted by atomic mass is 15.3. The van der Waals surface area contributed by atoms with Gasteiger partial charge in [-0.05, 0) is 6.42 Å². The number of hydrogen-bond donors (Lipinski definition) is 0. The fourth-order valence-electron chi connectivity index (χ4n) is 2.62. The molecule has 0 radical (unpaired) electrons. The molecule has 0 amide bonds. The molecular weight excluding hydrogens is 208 g/mol. The van der Waals surface area contributed by atoms with E-state index in [1.165, 1.54) is 45.3 Å². The molecule has 0 aromatic heterocycles. The Morgan fingerprint density at radius 1 is 1.12 bits per heavy atom. The average molecular weight is 236 g/mol. The van der Waals surface area contributed by atoms with E-state index in [1.807, 2.05) is 12.2 Å². The van der Waals surface area contributed by atoms with E-state index in [2.05, 4.69) is 29.9 Å². The molecule has 1 aliphatic heterocycles. The molecule has 2 nitrogen and oxygen atoms in total. The summed E-state index contributed by atoms with van der Waals surface area (Å²) in [5, 5.41) is 0. The van der Waals surface area contributed by atoms with Crippen LogP contribution in [0.25, 0.3) is 0 Å². The van der Waals surface area contributed by atoms with Crippen LogP contribution in [0.15, 0.2) is 25.3 Å². The molecule has 0 spiro atoms. The van der Waals surface area contributed by atoms with E-state index in [9.17, 15) is 0 Å². The SMILES string of the molecule is C=CCN1CCN(CC=C)C(CCCCC)C1. The summed E-state index contributed by atoms with van der Waals surface area (Å²) in [5.41, 5.74) is 0. The molecule has 0 aromatic carbocycles. The smallest absolute Gasteiger partial charge is 0.0227 e. The Hall–Kier alpha value is -0.600. The molecule has 1 atom stereocenters. The molecule has 0 N–H and O–H groups in total. The van der Waals surface area contributed by atoms with Crippen LogP contribution in [-0.2, 0) is 0 Å². The van der Waals surface area contributed by atoms with Crippen LogP contribution in [0.5, 0.6) is 0 Å². The predicted molar refractivity (Wildman–Crippen MR) is 76.3 cm³/mol. The van der Waals surface area contributed by atoms with Gasteiger partial charge >= 0.3 is 0 Å². The van der Waals surface area contributed by atoms with E-state index in [1.54, 1.807) is 0 Å². The summed E-state index contributed by atoms with van der Waals surface area (Å²) in [5.74, 6) is 0. The molecular formula is C15H28N2. The minimum Gasteiger partial charge on any atom is -0.297 e. The van der Waals surface area contributed by atoms with Crippen molar-refractivity contribution < 1.29 is 0 Å². The zero-order valence-corrected chi connectivity index (χ0v) is 11.4. The molecule has 0 bridgehead atoms. The standard InChI is InChI=1S/C15H28N2/c1-4-7-8-9-15-14-16(10-5-2)12-13-17(15)11-6-3/h5-6,15H,2-4,7-14H2,1H3. The Morgan fingerprint density at radius 2 is 1.88 bits per heavy atom. The molecule has 0 aliphatic carbocycles. The summed E-state index contributed by atoms with van der Waals surface area (Å²) >= 11 is 0. The maximum absolute atomic E-state index is 3.87. The van der Waals surface area contributed by atoms with Gasteiger partial charge in [0.1, 0.15) is 0 Å². The van der Waals surface area contributed by atoms with E-state index >= 15 is 0 Å². The zero-order chi connectivity index (χ0) is 12.5.